The molecule has 1 saturated carbocycles. The van der Waals surface area contributed by atoms with E-state index in [0.717, 1.165) is 5.57 Å². The van der Waals surface area contributed by atoms with Gasteiger partial charge >= 0.3 is 5.97 Å². The fourth-order valence-electron chi connectivity index (χ4n) is 2.32. The molecule has 0 spiro atoms. The number of ether oxygens (including phenoxy) is 1. The third-order valence-electron chi connectivity index (χ3n) is 3.20. The van der Waals surface area contributed by atoms with Crippen LogP contribution in [0.5, 0.6) is 0 Å². The van der Waals surface area contributed by atoms with Crippen LogP contribution >= 0.6 is 0 Å². The average molecular weight is 200 g/mol. The van der Waals surface area contributed by atoms with Crippen LogP contribution in [0.15, 0.2) is 42.0 Å². The number of fused-ring (bicyclic) bond motifs is 1. The van der Waals surface area contributed by atoms with Crippen molar-refractivity contribution in [3.8, 4) is 0 Å². The van der Waals surface area contributed by atoms with Crippen LogP contribution in [0.2, 0.25) is 0 Å². The van der Waals surface area contributed by atoms with Crippen LogP contribution in [0.25, 0.3) is 0 Å². The Hall–Kier alpha value is -1.57. The summed E-state index contributed by atoms with van der Waals surface area (Å²) < 4.78 is 5.33. The van der Waals surface area contributed by atoms with Gasteiger partial charge in [0.1, 0.15) is 6.10 Å². The molecule has 1 aromatic rings. The lowest BCUT2D eigenvalue weighted by molar-refractivity contribution is -0.141. The van der Waals surface area contributed by atoms with Gasteiger partial charge in [-0.2, -0.15) is 0 Å². The van der Waals surface area contributed by atoms with Crippen molar-refractivity contribution >= 4 is 5.97 Å². The monoisotopic (exact) mass is 200 g/mol. The zero-order chi connectivity index (χ0) is 10.4. The van der Waals surface area contributed by atoms with Crippen LogP contribution in [0.4, 0.5) is 0 Å². The predicted octanol–water partition coefficient (Wildman–Crippen LogP) is 2.27. The molecule has 15 heavy (non-hydrogen) atoms. The third-order valence-corrected chi connectivity index (χ3v) is 3.20. The number of hydrogen-bond acceptors (Lipinski definition) is 2. The maximum Gasteiger partial charge on any atom is 0.333 e. The molecule has 2 heteroatoms. The molecular weight excluding hydrogens is 188 g/mol. The Morgan fingerprint density at radius 3 is 2.60 bits per heavy atom. The minimum atomic E-state index is -0.158. The van der Waals surface area contributed by atoms with Gasteiger partial charge in [0.2, 0.25) is 0 Å². The molecule has 1 heterocycles. The second-order valence-corrected chi connectivity index (χ2v) is 4.23. The molecule has 1 fully saturated rings. The number of hydrogen-bond donors (Lipinski definition) is 0. The number of carbonyl (C=O) groups excluding carboxylic acids is 1. The topological polar surface area (TPSA) is 26.3 Å². The highest BCUT2D eigenvalue weighted by Crippen LogP contribution is 2.53. The Bertz CT molecular complexity index is 433. The summed E-state index contributed by atoms with van der Waals surface area (Å²) in [6.07, 6.45) is 2.14. The quantitative estimate of drug-likeness (QED) is 0.650. The molecule has 3 unspecified atom stereocenters. The average Bonchev–Trinajstić information content (AvgIpc) is 2.93. The largest absolute Gasteiger partial charge is 0.458 e. The minimum absolute atomic E-state index is 0.0867. The van der Waals surface area contributed by atoms with Gasteiger partial charge < -0.3 is 4.74 Å². The molecule has 1 aliphatic carbocycles. The maximum absolute atomic E-state index is 11.3. The van der Waals surface area contributed by atoms with Gasteiger partial charge in [-0.15, -0.1) is 0 Å². The standard InChI is InChI=1S/C13H12O2/c1-8-7-10-11(12(10)15-13(8)14)9-5-3-2-4-6-9/h2-7,10-12H,1H3. The Labute approximate surface area is 88.6 Å². The summed E-state index contributed by atoms with van der Waals surface area (Å²) >= 11 is 0. The van der Waals surface area contributed by atoms with Crippen molar-refractivity contribution in [3.63, 3.8) is 0 Å². The van der Waals surface area contributed by atoms with E-state index in [1.54, 1.807) is 0 Å². The van der Waals surface area contributed by atoms with Crippen molar-refractivity contribution in [1.29, 1.82) is 0 Å². The molecule has 1 aromatic carbocycles. The molecule has 76 valence electrons. The summed E-state index contributed by atoms with van der Waals surface area (Å²) in [5.74, 6) is 0.632. The number of esters is 1. The lowest BCUT2D eigenvalue weighted by atomic mass is 10.1. The molecule has 0 amide bonds. The van der Waals surface area contributed by atoms with E-state index in [4.69, 9.17) is 4.74 Å². The van der Waals surface area contributed by atoms with Gasteiger partial charge in [0, 0.05) is 17.4 Å². The summed E-state index contributed by atoms with van der Waals surface area (Å²) in [4.78, 5) is 11.3. The Kier molecular flexibility index (Phi) is 1.72. The zero-order valence-corrected chi connectivity index (χ0v) is 8.51. The van der Waals surface area contributed by atoms with E-state index in [1.165, 1.54) is 5.56 Å². The first kappa shape index (κ1) is 8.72. The summed E-state index contributed by atoms with van der Waals surface area (Å²) in [7, 11) is 0. The van der Waals surface area contributed by atoms with Crippen molar-refractivity contribution in [2.45, 2.75) is 18.9 Å². The molecule has 0 saturated heterocycles. The summed E-state index contributed by atoms with van der Waals surface area (Å²) in [5, 5.41) is 0. The van der Waals surface area contributed by atoms with Gasteiger partial charge in [-0.05, 0) is 12.5 Å². The summed E-state index contributed by atoms with van der Waals surface area (Å²) in [6.45, 7) is 1.82. The fraction of sp³-hybridized carbons (Fsp3) is 0.308. The molecule has 2 nitrogen and oxygen atoms in total. The Morgan fingerprint density at radius 2 is 1.93 bits per heavy atom. The van der Waals surface area contributed by atoms with E-state index in [0.29, 0.717) is 11.8 Å². The molecule has 0 N–H and O–H groups in total. The van der Waals surface area contributed by atoms with Crippen LogP contribution in [0, 0.1) is 5.92 Å². The molecule has 0 aromatic heterocycles. The van der Waals surface area contributed by atoms with Crippen molar-refractivity contribution in [2.75, 3.05) is 0 Å². The molecule has 1 aliphatic heterocycles. The molecule has 0 radical (unpaired) electrons. The van der Waals surface area contributed by atoms with Crippen LogP contribution in [0.3, 0.4) is 0 Å². The first-order valence-corrected chi connectivity index (χ1v) is 5.22. The van der Waals surface area contributed by atoms with Crippen molar-refractivity contribution in [1.82, 2.24) is 0 Å². The van der Waals surface area contributed by atoms with Crippen molar-refractivity contribution in [2.24, 2.45) is 5.92 Å². The van der Waals surface area contributed by atoms with Gasteiger partial charge in [-0.1, -0.05) is 36.4 Å². The fourth-order valence-corrected chi connectivity index (χ4v) is 2.32. The van der Waals surface area contributed by atoms with Crippen LogP contribution in [-0.4, -0.2) is 12.1 Å². The number of rotatable bonds is 1. The minimum Gasteiger partial charge on any atom is -0.458 e. The van der Waals surface area contributed by atoms with E-state index < -0.39 is 0 Å². The maximum atomic E-state index is 11.3. The lowest BCUT2D eigenvalue weighted by Gasteiger charge is -2.07. The second kappa shape index (κ2) is 2.96. The smallest absolute Gasteiger partial charge is 0.333 e. The second-order valence-electron chi connectivity index (χ2n) is 4.23. The molecule has 2 aliphatic rings. The normalized spacial score (nSPS) is 32.7. The molecular formula is C13H12O2. The molecule has 3 rings (SSSR count). The molecule has 0 bridgehead atoms. The first-order chi connectivity index (χ1) is 7.27. The van der Waals surface area contributed by atoms with Crippen molar-refractivity contribution < 1.29 is 9.53 Å². The predicted molar refractivity (Wildman–Crippen MR) is 56.3 cm³/mol. The highest BCUT2D eigenvalue weighted by molar-refractivity contribution is 5.89. The number of carbonyl (C=O) groups is 1. The Balaban J connectivity index is 1.88. The number of benzene rings is 1. The molecule has 3 atom stereocenters. The van der Waals surface area contributed by atoms with Crippen molar-refractivity contribution in [3.05, 3.63) is 47.5 Å². The van der Waals surface area contributed by atoms with Gasteiger partial charge in [-0.25, -0.2) is 4.79 Å². The van der Waals surface area contributed by atoms with Gasteiger partial charge in [-0.3, -0.25) is 0 Å². The van der Waals surface area contributed by atoms with E-state index in [1.807, 2.05) is 31.2 Å². The van der Waals surface area contributed by atoms with Crippen LogP contribution in [0.1, 0.15) is 18.4 Å². The van der Waals surface area contributed by atoms with Gasteiger partial charge in [0.15, 0.2) is 0 Å². The van der Waals surface area contributed by atoms with Crippen LogP contribution < -0.4 is 0 Å². The van der Waals surface area contributed by atoms with E-state index in [2.05, 4.69) is 12.1 Å². The highest BCUT2D eigenvalue weighted by atomic mass is 16.6. The van der Waals surface area contributed by atoms with E-state index >= 15 is 0 Å². The lowest BCUT2D eigenvalue weighted by Crippen LogP contribution is -2.13. The summed E-state index contributed by atoms with van der Waals surface area (Å²) in [6, 6.07) is 10.2. The first-order valence-electron chi connectivity index (χ1n) is 5.22. The van der Waals surface area contributed by atoms with E-state index in [9.17, 15) is 4.79 Å². The van der Waals surface area contributed by atoms with Gasteiger partial charge in [0.05, 0.1) is 0 Å². The van der Waals surface area contributed by atoms with Gasteiger partial charge in [0.25, 0.3) is 0 Å². The van der Waals surface area contributed by atoms with Crippen LogP contribution in [-0.2, 0) is 9.53 Å². The SMILES string of the molecule is CC1=CC2C(OC1=O)C2c1ccccc1. The van der Waals surface area contributed by atoms with E-state index in [-0.39, 0.29) is 12.1 Å². The highest BCUT2D eigenvalue weighted by Gasteiger charge is 2.55. The summed E-state index contributed by atoms with van der Waals surface area (Å²) in [5.41, 5.74) is 2.01. The zero-order valence-electron chi connectivity index (χ0n) is 8.51. The Morgan fingerprint density at radius 1 is 1.20 bits per heavy atom. The third kappa shape index (κ3) is 1.29.